The molecular weight excluding hydrogens is 330 g/mol. The molecule has 1 saturated heterocycles. The highest BCUT2D eigenvalue weighted by Crippen LogP contribution is 2.59. The normalized spacial score (nSPS) is 29.4. The molecule has 7 rings (SSSR count). The predicted molar refractivity (Wildman–Crippen MR) is 99.3 cm³/mol. The van der Waals surface area contributed by atoms with Gasteiger partial charge >= 0.3 is 0 Å². The van der Waals surface area contributed by atoms with Gasteiger partial charge in [0.2, 0.25) is 5.95 Å². The molecule has 4 fully saturated rings. The van der Waals surface area contributed by atoms with Crippen molar-refractivity contribution >= 4 is 23.5 Å². The Morgan fingerprint density at radius 3 is 2.76 bits per heavy atom. The molecule has 0 spiro atoms. The first-order chi connectivity index (χ1) is 12.3. The number of nitrogens with one attached hydrogen (secondary N) is 1. The molecule has 0 radical (unpaired) electrons. The van der Waals surface area contributed by atoms with Gasteiger partial charge in [-0.25, -0.2) is 4.98 Å². The summed E-state index contributed by atoms with van der Waals surface area (Å²) < 4.78 is 0. The number of fused-ring (bicyclic) bond motifs is 1. The molecule has 5 nitrogen and oxygen atoms in total. The highest BCUT2D eigenvalue weighted by atomic mass is 32.2. The van der Waals surface area contributed by atoms with E-state index in [-0.39, 0.29) is 0 Å². The quantitative estimate of drug-likeness (QED) is 0.914. The summed E-state index contributed by atoms with van der Waals surface area (Å²) in [6.45, 7) is 1.94. The maximum Gasteiger partial charge on any atom is 0.227 e. The maximum atomic E-state index is 4.95. The SMILES string of the molecule is c1ccc(C2CN(c3nc4c(c(NC56CC(C5)C6)n3)SCC4)C2)nc1. The molecule has 128 valence electrons. The zero-order valence-corrected chi connectivity index (χ0v) is 14.9. The Morgan fingerprint density at radius 2 is 2.04 bits per heavy atom. The van der Waals surface area contributed by atoms with E-state index >= 15 is 0 Å². The third-order valence-corrected chi connectivity index (χ3v) is 7.33. The van der Waals surface area contributed by atoms with E-state index in [1.54, 1.807) is 0 Å². The van der Waals surface area contributed by atoms with Gasteiger partial charge in [-0.3, -0.25) is 4.98 Å². The molecule has 3 saturated carbocycles. The topological polar surface area (TPSA) is 53.9 Å². The summed E-state index contributed by atoms with van der Waals surface area (Å²) in [7, 11) is 0. The molecule has 0 amide bonds. The van der Waals surface area contributed by atoms with Crippen LogP contribution in [0.15, 0.2) is 29.3 Å². The number of nitrogens with zero attached hydrogens (tertiary/aromatic N) is 4. The lowest BCUT2D eigenvalue weighted by Crippen LogP contribution is -2.63. The van der Waals surface area contributed by atoms with E-state index in [1.165, 1.54) is 35.5 Å². The van der Waals surface area contributed by atoms with Crippen LogP contribution < -0.4 is 10.2 Å². The number of aryl methyl sites for hydroxylation is 1. The minimum atomic E-state index is 0.360. The van der Waals surface area contributed by atoms with Gasteiger partial charge in [0, 0.05) is 48.6 Å². The fourth-order valence-corrected chi connectivity index (χ4v) is 5.66. The van der Waals surface area contributed by atoms with Crippen molar-refractivity contribution in [2.75, 3.05) is 29.1 Å². The summed E-state index contributed by atoms with van der Waals surface area (Å²) in [5, 5.41) is 3.80. The summed E-state index contributed by atoms with van der Waals surface area (Å²) in [5.41, 5.74) is 2.78. The summed E-state index contributed by atoms with van der Waals surface area (Å²) in [6, 6.07) is 6.17. The molecule has 2 aromatic rings. The van der Waals surface area contributed by atoms with Crippen molar-refractivity contribution in [3.8, 4) is 0 Å². The maximum absolute atomic E-state index is 4.95. The second-order valence-electron chi connectivity index (χ2n) is 7.99. The molecule has 6 heteroatoms. The Labute approximate surface area is 151 Å². The van der Waals surface area contributed by atoms with Gasteiger partial charge < -0.3 is 10.2 Å². The first-order valence-corrected chi connectivity index (χ1v) is 10.2. The van der Waals surface area contributed by atoms with Crippen LogP contribution in [0.1, 0.15) is 36.6 Å². The van der Waals surface area contributed by atoms with Crippen molar-refractivity contribution in [3.05, 3.63) is 35.8 Å². The first-order valence-electron chi connectivity index (χ1n) is 9.26. The van der Waals surface area contributed by atoms with Crippen LogP contribution in [0.3, 0.4) is 0 Å². The summed E-state index contributed by atoms with van der Waals surface area (Å²) in [5.74, 6) is 4.61. The number of pyridine rings is 1. The third kappa shape index (κ3) is 2.19. The van der Waals surface area contributed by atoms with Crippen molar-refractivity contribution in [2.45, 2.75) is 42.0 Å². The minimum absolute atomic E-state index is 0.360. The lowest BCUT2D eigenvalue weighted by Gasteiger charge is -2.62. The summed E-state index contributed by atoms with van der Waals surface area (Å²) in [6.07, 6.45) is 6.94. The number of hydrogen-bond acceptors (Lipinski definition) is 6. The highest BCUT2D eigenvalue weighted by molar-refractivity contribution is 7.99. The smallest absolute Gasteiger partial charge is 0.227 e. The lowest BCUT2D eigenvalue weighted by molar-refractivity contribution is 0.00159. The van der Waals surface area contributed by atoms with Gasteiger partial charge in [0.05, 0.1) is 10.6 Å². The van der Waals surface area contributed by atoms with Gasteiger partial charge in [0.1, 0.15) is 5.82 Å². The molecule has 0 aromatic carbocycles. The molecule has 5 aliphatic rings. The van der Waals surface area contributed by atoms with Gasteiger partial charge in [-0.2, -0.15) is 4.98 Å². The van der Waals surface area contributed by atoms with Crippen LogP contribution >= 0.6 is 11.8 Å². The molecule has 1 N–H and O–H groups in total. The molecule has 0 unspecified atom stereocenters. The van der Waals surface area contributed by atoms with E-state index in [9.17, 15) is 0 Å². The van der Waals surface area contributed by atoms with Crippen LogP contribution in [0.4, 0.5) is 11.8 Å². The largest absolute Gasteiger partial charge is 0.363 e. The van der Waals surface area contributed by atoms with Crippen molar-refractivity contribution in [3.63, 3.8) is 0 Å². The number of hydrogen-bond donors (Lipinski definition) is 1. The van der Waals surface area contributed by atoms with Crippen molar-refractivity contribution in [2.24, 2.45) is 5.92 Å². The average molecular weight is 351 g/mol. The van der Waals surface area contributed by atoms with Gasteiger partial charge in [-0.15, -0.1) is 11.8 Å². The first kappa shape index (κ1) is 14.4. The number of rotatable bonds is 4. The minimum Gasteiger partial charge on any atom is -0.363 e. The lowest BCUT2D eigenvalue weighted by atomic mass is 9.50. The second-order valence-corrected chi connectivity index (χ2v) is 9.09. The number of anilines is 2. The fourth-order valence-electron chi connectivity index (χ4n) is 4.61. The summed E-state index contributed by atoms with van der Waals surface area (Å²) in [4.78, 5) is 17.9. The predicted octanol–water partition coefficient (Wildman–Crippen LogP) is 3.09. The van der Waals surface area contributed by atoms with Gasteiger partial charge in [0.15, 0.2) is 0 Å². The molecule has 3 aliphatic carbocycles. The van der Waals surface area contributed by atoms with Gasteiger partial charge in [-0.1, -0.05) is 6.07 Å². The zero-order valence-electron chi connectivity index (χ0n) is 14.1. The van der Waals surface area contributed by atoms with E-state index in [2.05, 4.69) is 27.3 Å². The fraction of sp³-hybridized carbons (Fsp3) is 0.526. The Bertz CT molecular complexity index is 816. The number of thioether (sulfide) groups is 1. The second kappa shape index (κ2) is 5.10. The van der Waals surface area contributed by atoms with E-state index < -0.39 is 0 Å². The number of aromatic nitrogens is 3. The standard InChI is InChI=1S/C19H21N5S/c1-2-5-20-14(3-1)13-10-24(11-13)18-21-15-4-6-25-16(15)17(22-18)23-19-7-12(8-19)9-19/h1-3,5,12-13H,4,6-11H2,(H,21,22,23). The third-order valence-electron chi connectivity index (χ3n) is 6.20. The molecule has 25 heavy (non-hydrogen) atoms. The van der Waals surface area contributed by atoms with Crippen LogP contribution in [0, 0.1) is 5.92 Å². The molecular formula is C19H21N5S. The molecule has 2 bridgehead atoms. The Balaban J connectivity index is 1.25. The van der Waals surface area contributed by atoms with Crippen molar-refractivity contribution < 1.29 is 0 Å². The Kier molecular flexibility index (Phi) is 2.93. The van der Waals surface area contributed by atoms with Gasteiger partial charge in [0.25, 0.3) is 0 Å². The molecule has 2 aliphatic heterocycles. The van der Waals surface area contributed by atoms with E-state index in [0.29, 0.717) is 11.5 Å². The van der Waals surface area contributed by atoms with Crippen molar-refractivity contribution in [1.29, 1.82) is 0 Å². The average Bonchev–Trinajstić information content (AvgIpc) is 2.98. The van der Waals surface area contributed by atoms with E-state index in [1.807, 2.05) is 24.0 Å². The van der Waals surface area contributed by atoms with Crippen LogP contribution in [-0.4, -0.2) is 39.3 Å². The van der Waals surface area contributed by atoms with Gasteiger partial charge in [-0.05, 0) is 37.3 Å². The molecule has 4 heterocycles. The van der Waals surface area contributed by atoms with Crippen molar-refractivity contribution in [1.82, 2.24) is 15.0 Å². The molecule has 2 aromatic heterocycles. The highest BCUT2D eigenvalue weighted by Gasteiger charge is 2.57. The molecule has 0 atom stereocenters. The summed E-state index contributed by atoms with van der Waals surface area (Å²) >= 11 is 1.91. The van der Waals surface area contributed by atoms with Crippen LogP contribution in [0.25, 0.3) is 0 Å². The zero-order chi connectivity index (χ0) is 16.4. The van der Waals surface area contributed by atoms with E-state index in [4.69, 9.17) is 9.97 Å². The monoisotopic (exact) mass is 351 g/mol. The van der Waals surface area contributed by atoms with Crippen LogP contribution in [0.5, 0.6) is 0 Å². The van der Waals surface area contributed by atoms with Crippen LogP contribution in [-0.2, 0) is 6.42 Å². The Morgan fingerprint density at radius 1 is 1.16 bits per heavy atom. The Hall–Kier alpha value is -1.82. The van der Waals surface area contributed by atoms with Crippen LogP contribution in [0.2, 0.25) is 0 Å². The van der Waals surface area contributed by atoms with E-state index in [0.717, 1.165) is 42.9 Å².